The molecule has 1 amide bonds. The highest BCUT2D eigenvalue weighted by molar-refractivity contribution is 5.97. The lowest BCUT2D eigenvalue weighted by molar-refractivity contribution is -0.139. The molecule has 6 nitrogen and oxygen atoms in total. The summed E-state index contributed by atoms with van der Waals surface area (Å²) in [5.41, 5.74) is 2.43. The van der Waals surface area contributed by atoms with Gasteiger partial charge in [0, 0.05) is 28.8 Å². The standard InChI is InChI=1S/C20H17F2NO.C10H9F2NO3/c1-12-4-7-15(20-14(12)3-2-8-23-20)16-9-17(21)18(22)10-19(16)24-11-13-5-6-13;1-16-8(14)5-13-10(15)9-6(11)3-2-4-7(9)12/h2-4,7-10,13H,5-6,11H2,1H3;2-4H,5H2,1H3,(H,13,15). The van der Waals surface area contributed by atoms with Gasteiger partial charge in [-0.05, 0) is 55.5 Å². The number of aromatic nitrogens is 1. The van der Waals surface area contributed by atoms with Crippen LogP contribution in [-0.2, 0) is 9.53 Å². The fourth-order valence-corrected chi connectivity index (χ4v) is 3.91. The number of carbonyl (C=O) groups is 2. The summed E-state index contributed by atoms with van der Waals surface area (Å²) in [6, 6.07) is 13.1. The molecule has 4 aromatic rings. The highest BCUT2D eigenvalue weighted by Gasteiger charge is 2.24. The van der Waals surface area contributed by atoms with E-state index in [1.807, 2.05) is 36.5 Å². The molecule has 0 saturated heterocycles. The molecule has 5 rings (SSSR count). The Labute approximate surface area is 227 Å². The second-order valence-electron chi connectivity index (χ2n) is 9.20. The van der Waals surface area contributed by atoms with Crippen molar-refractivity contribution in [2.24, 2.45) is 5.92 Å². The first kappa shape index (κ1) is 28.5. The van der Waals surface area contributed by atoms with Crippen molar-refractivity contribution in [3.8, 4) is 16.9 Å². The predicted octanol–water partition coefficient (Wildman–Crippen LogP) is 6.14. The number of esters is 1. The minimum atomic E-state index is -0.999. The lowest BCUT2D eigenvalue weighted by Gasteiger charge is -2.14. The van der Waals surface area contributed by atoms with Crippen LogP contribution in [0.2, 0.25) is 0 Å². The summed E-state index contributed by atoms with van der Waals surface area (Å²) in [5, 5.41) is 3.03. The van der Waals surface area contributed by atoms with Gasteiger partial charge in [0.05, 0.1) is 19.2 Å². The van der Waals surface area contributed by atoms with E-state index in [0.717, 1.165) is 66.2 Å². The highest BCUT2D eigenvalue weighted by Crippen LogP contribution is 2.38. The van der Waals surface area contributed by atoms with Crippen LogP contribution in [0.3, 0.4) is 0 Å². The van der Waals surface area contributed by atoms with Gasteiger partial charge in [0.25, 0.3) is 5.91 Å². The summed E-state index contributed by atoms with van der Waals surface area (Å²) < 4.78 is 63.8. The minimum Gasteiger partial charge on any atom is -0.493 e. The number of nitrogens with one attached hydrogen (secondary N) is 1. The lowest BCUT2D eigenvalue weighted by atomic mass is 9.98. The maximum absolute atomic E-state index is 13.9. The maximum Gasteiger partial charge on any atom is 0.325 e. The van der Waals surface area contributed by atoms with Crippen LogP contribution in [0.25, 0.3) is 22.0 Å². The Balaban J connectivity index is 0.000000202. The van der Waals surface area contributed by atoms with Crippen LogP contribution >= 0.6 is 0 Å². The molecule has 0 unspecified atom stereocenters. The van der Waals surface area contributed by atoms with Gasteiger partial charge in [-0.2, -0.15) is 0 Å². The van der Waals surface area contributed by atoms with Crippen molar-refractivity contribution in [3.63, 3.8) is 0 Å². The normalized spacial score (nSPS) is 12.3. The third-order valence-electron chi connectivity index (χ3n) is 6.28. The van der Waals surface area contributed by atoms with E-state index in [1.54, 1.807) is 6.20 Å². The van der Waals surface area contributed by atoms with Gasteiger partial charge in [0.1, 0.15) is 29.5 Å². The van der Waals surface area contributed by atoms with Gasteiger partial charge in [-0.25, -0.2) is 17.6 Å². The molecule has 208 valence electrons. The van der Waals surface area contributed by atoms with Crippen LogP contribution in [0.1, 0.15) is 28.8 Å². The SMILES string of the molecule is COC(=O)CNC(=O)c1c(F)cccc1F.Cc1ccc(-c2cc(F)c(F)cc2OCC2CC2)c2ncccc12. The van der Waals surface area contributed by atoms with E-state index in [2.05, 4.69) is 9.72 Å². The fourth-order valence-electron chi connectivity index (χ4n) is 3.91. The van der Waals surface area contributed by atoms with Crippen LogP contribution in [0.5, 0.6) is 5.75 Å². The Morgan fingerprint density at radius 1 is 0.925 bits per heavy atom. The average molecular weight is 555 g/mol. The monoisotopic (exact) mass is 554 g/mol. The molecule has 0 atom stereocenters. The second-order valence-corrected chi connectivity index (χ2v) is 9.20. The van der Waals surface area contributed by atoms with Gasteiger partial charge >= 0.3 is 5.97 Å². The molecular weight excluding hydrogens is 528 g/mol. The molecule has 0 bridgehead atoms. The predicted molar refractivity (Wildman–Crippen MR) is 141 cm³/mol. The lowest BCUT2D eigenvalue weighted by Crippen LogP contribution is -2.31. The first-order valence-corrected chi connectivity index (χ1v) is 12.4. The van der Waals surface area contributed by atoms with E-state index in [1.165, 1.54) is 6.07 Å². The van der Waals surface area contributed by atoms with Crippen molar-refractivity contribution >= 4 is 22.8 Å². The number of nitrogens with zero attached hydrogens (tertiary/aromatic N) is 1. The van der Waals surface area contributed by atoms with Gasteiger partial charge in [-0.1, -0.05) is 24.3 Å². The van der Waals surface area contributed by atoms with E-state index in [4.69, 9.17) is 4.74 Å². The third-order valence-corrected chi connectivity index (χ3v) is 6.28. The van der Waals surface area contributed by atoms with E-state index < -0.39 is 47.3 Å². The number of aryl methyl sites for hydroxylation is 1. The summed E-state index contributed by atoms with van der Waals surface area (Å²) in [5.74, 6) is -4.55. The Kier molecular flexibility index (Phi) is 8.98. The summed E-state index contributed by atoms with van der Waals surface area (Å²) in [4.78, 5) is 26.4. The summed E-state index contributed by atoms with van der Waals surface area (Å²) in [6.45, 7) is 2.10. The van der Waals surface area contributed by atoms with Crippen LogP contribution in [0.4, 0.5) is 17.6 Å². The summed E-state index contributed by atoms with van der Waals surface area (Å²) in [6.07, 6.45) is 3.97. The van der Waals surface area contributed by atoms with Crippen molar-refractivity contribution in [1.29, 1.82) is 0 Å². The number of methoxy groups -OCH3 is 1. The Morgan fingerprint density at radius 2 is 1.62 bits per heavy atom. The Bertz CT molecular complexity index is 1540. The van der Waals surface area contributed by atoms with Crippen molar-refractivity contribution in [2.45, 2.75) is 19.8 Å². The molecule has 1 fully saturated rings. The maximum atomic E-state index is 13.9. The average Bonchev–Trinajstić information content (AvgIpc) is 3.78. The van der Waals surface area contributed by atoms with E-state index >= 15 is 0 Å². The number of halogens is 4. The van der Waals surface area contributed by atoms with E-state index in [-0.39, 0.29) is 0 Å². The van der Waals surface area contributed by atoms with Crippen LogP contribution in [-0.4, -0.2) is 37.1 Å². The number of ether oxygens (including phenoxy) is 2. The van der Waals surface area contributed by atoms with Crippen LogP contribution in [0.15, 0.2) is 60.8 Å². The topological polar surface area (TPSA) is 77.5 Å². The fraction of sp³-hybridized carbons (Fsp3) is 0.233. The van der Waals surface area contributed by atoms with Crippen LogP contribution < -0.4 is 10.1 Å². The van der Waals surface area contributed by atoms with Gasteiger partial charge in [0.2, 0.25) is 0 Å². The number of carbonyl (C=O) groups excluding carboxylic acids is 2. The molecule has 1 aliphatic rings. The first-order valence-electron chi connectivity index (χ1n) is 12.4. The molecule has 1 aromatic heterocycles. The molecule has 1 N–H and O–H groups in total. The summed E-state index contributed by atoms with van der Waals surface area (Å²) >= 11 is 0. The van der Waals surface area contributed by atoms with Crippen molar-refractivity contribution in [2.75, 3.05) is 20.3 Å². The van der Waals surface area contributed by atoms with Crippen molar-refractivity contribution < 1.29 is 36.6 Å². The number of benzene rings is 3. The molecule has 10 heteroatoms. The number of rotatable bonds is 7. The molecule has 1 saturated carbocycles. The number of fused-ring (bicyclic) bond motifs is 1. The number of hydrogen-bond donors (Lipinski definition) is 1. The van der Waals surface area contributed by atoms with Gasteiger partial charge in [0.15, 0.2) is 11.6 Å². The quantitative estimate of drug-likeness (QED) is 0.219. The molecule has 0 radical (unpaired) electrons. The number of hydrogen-bond acceptors (Lipinski definition) is 5. The van der Waals surface area contributed by atoms with Gasteiger partial charge in [-0.3, -0.25) is 14.6 Å². The van der Waals surface area contributed by atoms with Crippen LogP contribution in [0, 0.1) is 36.1 Å². The minimum absolute atomic E-state index is 0.372. The summed E-state index contributed by atoms with van der Waals surface area (Å²) in [7, 11) is 1.14. The zero-order valence-electron chi connectivity index (χ0n) is 21.8. The van der Waals surface area contributed by atoms with Gasteiger partial charge in [-0.15, -0.1) is 0 Å². The third kappa shape index (κ3) is 6.74. The molecule has 3 aromatic carbocycles. The number of pyridine rings is 1. The first-order chi connectivity index (χ1) is 19.2. The molecule has 40 heavy (non-hydrogen) atoms. The van der Waals surface area contributed by atoms with Crippen molar-refractivity contribution in [3.05, 3.63) is 95.2 Å². The zero-order valence-corrected chi connectivity index (χ0v) is 21.8. The zero-order chi connectivity index (χ0) is 28.8. The second kappa shape index (κ2) is 12.6. The molecule has 1 aliphatic carbocycles. The smallest absolute Gasteiger partial charge is 0.325 e. The largest absolute Gasteiger partial charge is 0.493 e. The Morgan fingerprint density at radius 3 is 2.30 bits per heavy atom. The van der Waals surface area contributed by atoms with E-state index in [0.29, 0.717) is 23.8 Å². The Hall–Kier alpha value is -4.47. The molecular formula is C30H26F4N2O4. The van der Waals surface area contributed by atoms with Crippen molar-refractivity contribution in [1.82, 2.24) is 10.3 Å². The molecule has 1 heterocycles. The molecule has 0 aliphatic heterocycles. The van der Waals surface area contributed by atoms with E-state index in [9.17, 15) is 27.2 Å². The molecule has 0 spiro atoms. The highest BCUT2D eigenvalue weighted by atomic mass is 19.2. The van der Waals surface area contributed by atoms with Gasteiger partial charge < -0.3 is 14.8 Å². The number of amides is 1.